The molecule has 1 heterocycles. The van der Waals surface area contributed by atoms with Gasteiger partial charge in [0.05, 0.1) is 6.26 Å². The molecule has 1 rings (SSSR count). The second-order valence-corrected chi connectivity index (χ2v) is 7.59. The smallest absolute Gasteiger partial charge is 0.261 e. The Morgan fingerprint density at radius 1 is 1.05 bits per heavy atom. The highest BCUT2D eigenvalue weighted by Crippen LogP contribution is 2.21. The van der Waals surface area contributed by atoms with Crippen LogP contribution in [0.25, 0.3) is 0 Å². The van der Waals surface area contributed by atoms with Gasteiger partial charge in [0, 0.05) is 6.04 Å². The number of hydrogen-bond donors (Lipinski definition) is 1. The molecule has 1 aliphatic heterocycles. The third-order valence-electron chi connectivity index (χ3n) is 3.92. The van der Waals surface area contributed by atoms with E-state index in [1.165, 1.54) is 77.3 Å². The van der Waals surface area contributed by atoms with Gasteiger partial charge in [0.15, 0.2) is 0 Å². The van der Waals surface area contributed by atoms with Crippen molar-refractivity contribution < 1.29 is 13.0 Å². The maximum Gasteiger partial charge on any atom is 0.261 e. The van der Waals surface area contributed by atoms with Crippen molar-refractivity contribution in [3.8, 4) is 0 Å². The van der Waals surface area contributed by atoms with Crippen molar-refractivity contribution in [3.05, 3.63) is 0 Å². The topological polar surface area (TPSA) is 57.6 Å². The Hall–Kier alpha value is -0.130. The van der Waals surface area contributed by atoms with E-state index >= 15 is 0 Å². The van der Waals surface area contributed by atoms with Crippen LogP contribution in [-0.2, 0) is 10.1 Å². The Labute approximate surface area is 132 Å². The molecule has 0 aliphatic carbocycles. The second kappa shape index (κ2) is 12.4. The van der Waals surface area contributed by atoms with Crippen LogP contribution in [0.1, 0.15) is 78.1 Å². The van der Waals surface area contributed by atoms with E-state index in [4.69, 9.17) is 4.55 Å². The van der Waals surface area contributed by atoms with Crippen molar-refractivity contribution >= 4 is 10.1 Å². The highest BCUT2D eigenvalue weighted by atomic mass is 32.2. The minimum absolute atomic E-state index is 0.715. The van der Waals surface area contributed by atoms with Crippen molar-refractivity contribution in [2.24, 2.45) is 0 Å². The molecule has 0 amide bonds. The van der Waals surface area contributed by atoms with E-state index < -0.39 is 10.1 Å². The van der Waals surface area contributed by atoms with Gasteiger partial charge in [-0.3, -0.25) is 4.55 Å². The first kappa shape index (κ1) is 20.9. The van der Waals surface area contributed by atoms with Gasteiger partial charge in [0.1, 0.15) is 0 Å². The Kier molecular flexibility index (Phi) is 12.3. The molecule has 0 aromatic rings. The van der Waals surface area contributed by atoms with Crippen LogP contribution in [0.4, 0.5) is 0 Å². The lowest BCUT2D eigenvalue weighted by atomic mass is 10.1. The van der Waals surface area contributed by atoms with Crippen LogP contribution in [0.15, 0.2) is 0 Å². The van der Waals surface area contributed by atoms with E-state index in [2.05, 4.69) is 18.7 Å². The lowest BCUT2D eigenvalue weighted by Crippen LogP contribution is -2.30. The third-order valence-corrected chi connectivity index (χ3v) is 3.92. The van der Waals surface area contributed by atoms with Gasteiger partial charge in [-0.15, -0.1) is 0 Å². The van der Waals surface area contributed by atoms with Gasteiger partial charge in [-0.25, -0.2) is 0 Å². The molecule has 128 valence electrons. The molecule has 1 unspecified atom stereocenters. The van der Waals surface area contributed by atoms with Gasteiger partial charge >= 0.3 is 0 Å². The Morgan fingerprint density at radius 2 is 1.62 bits per heavy atom. The number of unbranched alkanes of at least 4 members (excludes halogenated alkanes) is 5. The monoisotopic (exact) mass is 321 g/mol. The van der Waals surface area contributed by atoms with Crippen molar-refractivity contribution in [1.29, 1.82) is 0 Å². The second-order valence-electron chi connectivity index (χ2n) is 6.12. The minimum atomic E-state index is -3.67. The zero-order chi connectivity index (χ0) is 16.1. The fraction of sp³-hybridized carbons (Fsp3) is 1.00. The Balaban J connectivity index is 0.000000690. The maximum absolute atomic E-state index is 9.19. The molecule has 0 aromatic heterocycles. The van der Waals surface area contributed by atoms with Gasteiger partial charge in [-0.05, 0) is 38.8 Å². The van der Waals surface area contributed by atoms with E-state index in [-0.39, 0.29) is 0 Å². The summed E-state index contributed by atoms with van der Waals surface area (Å²) in [6.45, 7) is 7.36. The standard InChI is InChI=1S/C15H31N.CH4O3S/c1-3-5-6-7-8-9-13-16-14-10-12-15(16)11-4-2;1-5(2,3)4/h15H,3-14H2,1-2H3;1H3,(H,2,3,4). The molecular formula is C16H35NO3S. The SMILES string of the molecule is CCCCCCCCN1CCCC1CCC.CS(=O)(=O)O. The summed E-state index contributed by atoms with van der Waals surface area (Å²) in [4.78, 5) is 2.75. The summed E-state index contributed by atoms with van der Waals surface area (Å²) in [5, 5.41) is 0. The lowest BCUT2D eigenvalue weighted by molar-refractivity contribution is 0.236. The summed E-state index contributed by atoms with van der Waals surface area (Å²) < 4.78 is 25.9. The predicted molar refractivity (Wildman–Crippen MR) is 90.4 cm³/mol. The molecule has 1 saturated heterocycles. The molecule has 21 heavy (non-hydrogen) atoms. The highest BCUT2D eigenvalue weighted by molar-refractivity contribution is 7.85. The largest absolute Gasteiger partial charge is 0.300 e. The molecule has 0 saturated carbocycles. The maximum atomic E-state index is 9.19. The summed E-state index contributed by atoms with van der Waals surface area (Å²) in [7, 11) is -3.67. The summed E-state index contributed by atoms with van der Waals surface area (Å²) in [5.74, 6) is 0. The summed E-state index contributed by atoms with van der Waals surface area (Å²) in [6, 6.07) is 0.931. The lowest BCUT2D eigenvalue weighted by Gasteiger charge is -2.23. The molecule has 0 aromatic carbocycles. The van der Waals surface area contributed by atoms with Crippen LogP contribution in [0.3, 0.4) is 0 Å². The number of nitrogens with zero attached hydrogens (tertiary/aromatic N) is 1. The van der Waals surface area contributed by atoms with Crippen LogP contribution >= 0.6 is 0 Å². The van der Waals surface area contributed by atoms with E-state index in [1.807, 2.05) is 0 Å². The molecule has 0 radical (unpaired) electrons. The van der Waals surface area contributed by atoms with Crippen LogP contribution in [-0.4, -0.2) is 43.3 Å². The molecule has 1 fully saturated rings. The number of likely N-dealkylation sites (tertiary alicyclic amines) is 1. The summed E-state index contributed by atoms with van der Waals surface area (Å²) >= 11 is 0. The summed E-state index contributed by atoms with van der Waals surface area (Å²) in [5.41, 5.74) is 0. The fourth-order valence-electron chi connectivity index (χ4n) is 2.94. The van der Waals surface area contributed by atoms with Crippen molar-refractivity contribution in [2.75, 3.05) is 19.3 Å². The van der Waals surface area contributed by atoms with Crippen molar-refractivity contribution in [1.82, 2.24) is 4.90 Å². The average Bonchev–Trinajstić information content (AvgIpc) is 2.80. The quantitative estimate of drug-likeness (QED) is 0.513. The predicted octanol–water partition coefficient (Wildman–Crippen LogP) is 4.12. The van der Waals surface area contributed by atoms with E-state index in [0.717, 1.165) is 6.04 Å². The first-order valence-electron chi connectivity index (χ1n) is 8.55. The zero-order valence-corrected chi connectivity index (χ0v) is 15.0. The van der Waals surface area contributed by atoms with E-state index in [0.29, 0.717) is 6.26 Å². The normalized spacial score (nSPS) is 19.3. The molecular weight excluding hydrogens is 286 g/mol. The van der Waals surface area contributed by atoms with Crippen LogP contribution in [0.2, 0.25) is 0 Å². The van der Waals surface area contributed by atoms with Crippen LogP contribution in [0, 0.1) is 0 Å². The third kappa shape index (κ3) is 14.6. The first-order valence-corrected chi connectivity index (χ1v) is 10.4. The van der Waals surface area contributed by atoms with Crippen molar-refractivity contribution in [2.45, 2.75) is 84.1 Å². The van der Waals surface area contributed by atoms with Gasteiger partial charge in [-0.1, -0.05) is 52.4 Å². The highest BCUT2D eigenvalue weighted by Gasteiger charge is 2.22. The molecule has 0 bridgehead atoms. The molecule has 1 aliphatic rings. The van der Waals surface area contributed by atoms with Crippen LogP contribution in [0.5, 0.6) is 0 Å². The molecule has 4 nitrogen and oxygen atoms in total. The molecule has 5 heteroatoms. The van der Waals surface area contributed by atoms with Gasteiger partial charge in [0.2, 0.25) is 0 Å². The zero-order valence-electron chi connectivity index (χ0n) is 14.2. The first-order chi connectivity index (χ1) is 9.88. The molecule has 1 N–H and O–H groups in total. The number of rotatable bonds is 9. The van der Waals surface area contributed by atoms with Crippen molar-refractivity contribution in [3.63, 3.8) is 0 Å². The summed E-state index contributed by atoms with van der Waals surface area (Å²) in [6.07, 6.45) is 15.0. The number of hydrogen-bond acceptors (Lipinski definition) is 3. The van der Waals surface area contributed by atoms with E-state index in [1.54, 1.807) is 0 Å². The minimum Gasteiger partial charge on any atom is -0.300 e. The van der Waals surface area contributed by atoms with E-state index in [9.17, 15) is 8.42 Å². The van der Waals surface area contributed by atoms with Crippen LogP contribution < -0.4 is 0 Å². The molecule has 1 atom stereocenters. The van der Waals surface area contributed by atoms with Gasteiger partial charge in [0.25, 0.3) is 10.1 Å². The van der Waals surface area contributed by atoms with Gasteiger partial charge < -0.3 is 4.90 Å². The fourth-order valence-corrected chi connectivity index (χ4v) is 2.94. The molecule has 0 spiro atoms. The van der Waals surface area contributed by atoms with Gasteiger partial charge in [-0.2, -0.15) is 8.42 Å². The Bertz CT molecular complexity index is 322. The average molecular weight is 322 g/mol. The Morgan fingerprint density at radius 3 is 2.19 bits per heavy atom.